The zero-order chi connectivity index (χ0) is 15.3. The van der Waals surface area contributed by atoms with E-state index in [2.05, 4.69) is 24.1 Å². The lowest BCUT2D eigenvalue weighted by Crippen LogP contribution is -2.30. The van der Waals surface area contributed by atoms with Crippen LogP contribution in [0.1, 0.15) is 39.5 Å². The summed E-state index contributed by atoms with van der Waals surface area (Å²) in [5.41, 5.74) is 6.45. The molecular formula is C16H27N3O2. The quantitative estimate of drug-likeness (QED) is 0.720. The fraction of sp³-hybridized carbons (Fsp3) is 0.688. The van der Waals surface area contributed by atoms with Crippen LogP contribution < -0.4 is 15.8 Å². The van der Waals surface area contributed by atoms with Crippen molar-refractivity contribution >= 4 is 11.5 Å². The van der Waals surface area contributed by atoms with E-state index in [4.69, 9.17) is 10.5 Å². The molecule has 1 heterocycles. The summed E-state index contributed by atoms with van der Waals surface area (Å²) in [5.74, 6) is 1.67. The highest BCUT2D eigenvalue weighted by molar-refractivity contribution is 5.53. The Morgan fingerprint density at radius 3 is 2.71 bits per heavy atom. The minimum absolute atomic E-state index is 0.00200. The number of rotatable bonds is 7. The van der Waals surface area contributed by atoms with E-state index in [0.717, 1.165) is 25.2 Å². The molecule has 1 saturated carbocycles. The normalized spacial score (nSPS) is 17.1. The van der Waals surface area contributed by atoms with Gasteiger partial charge in [0.2, 0.25) is 5.88 Å². The van der Waals surface area contributed by atoms with Gasteiger partial charge in [0.1, 0.15) is 5.82 Å². The van der Waals surface area contributed by atoms with Gasteiger partial charge in [-0.15, -0.1) is 0 Å². The van der Waals surface area contributed by atoms with Gasteiger partial charge in [-0.2, -0.15) is 4.98 Å². The van der Waals surface area contributed by atoms with Gasteiger partial charge in [-0.1, -0.05) is 26.7 Å². The van der Waals surface area contributed by atoms with Gasteiger partial charge >= 0.3 is 0 Å². The molecule has 0 aliphatic heterocycles. The number of aromatic nitrogens is 1. The number of anilines is 2. The van der Waals surface area contributed by atoms with Crippen molar-refractivity contribution in [2.45, 2.75) is 39.5 Å². The molecule has 118 valence electrons. The van der Waals surface area contributed by atoms with Crippen LogP contribution in [0, 0.1) is 11.3 Å². The molecule has 1 aromatic heterocycles. The van der Waals surface area contributed by atoms with E-state index in [1.807, 2.05) is 12.1 Å². The van der Waals surface area contributed by atoms with Crippen molar-refractivity contribution in [3.05, 3.63) is 12.1 Å². The lowest BCUT2D eigenvalue weighted by molar-refractivity contribution is 0.142. The number of nitrogens with one attached hydrogen (secondary N) is 1. The first kappa shape index (κ1) is 15.9. The van der Waals surface area contributed by atoms with Crippen LogP contribution in [0.25, 0.3) is 0 Å². The molecule has 0 aromatic carbocycles. The second kappa shape index (κ2) is 6.98. The van der Waals surface area contributed by atoms with Gasteiger partial charge < -0.3 is 20.9 Å². The van der Waals surface area contributed by atoms with Gasteiger partial charge in [0, 0.05) is 12.0 Å². The first-order valence-electron chi connectivity index (χ1n) is 7.79. The number of aliphatic hydroxyl groups is 1. The third-order valence-electron chi connectivity index (χ3n) is 4.09. The minimum Gasteiger partial charge on any atom is -0.476 e. The molecule has 0 amide bonds. The van der Waals surface area contributed by atoms with Gasteiger partial charge in [0.05, 0.1) is 18.9 Å². The van der Waals surface area contributed by atoms with Crippen molar-refractivity contribution in [1.82, 2.24) is 4.98 Å². The molecule has 1 aromatic rings. The molecule has 1 fully saturated rings. The monoisotopic (exact) mass is 293 g/mol. The Morgan fingerprint density at radius 1 is 1.38 bits per heavy atom. The van der Waals surface area contributed by atoms with Crippen molar-refractivity contribution in [3.8, 4) is 5.88 Å². The number of aliphatic hydroxyl groups excluding tert-OH is 1. The number of ether oxygens (including phenoxy) is 1. The first-order valence-corrected chi connectivity index (χ1v) is 7.79. The summed E-state index contributed by atoms with van der Waals surface area (Å²) in [4.78, 5) is 4.43. The SMILES string of the molecule is CC(C)COc1nc(NCC2(CO)CCCC2)ccc1N. The van der Waals surface area contributed by atoms with E-state index >= 15 is 0 Å². The van der Waals surface area contributed by atoms with Crippen LogP contribution >= 0.6 is 0 Å². The Bertz CT molecular complexity index is 457. The van der Waals surface area contributed by atoms with Crippen molar-refractivity contribution in [2.75, 3.05) is 30.8 Å². The molecule has 5 heteroatoms. The molecule has 1 aliphatic carbocycles. The smallest absolute Gasteiger partial charge is 0.239 e. The largest absolute Gasteiger partial charge is 0.476 e. The molecule has 0 radical (unpaired) electrons. The van der Waals surface area contributed by atoms with E-state index < -0.39 is 0 Å². The molecule has 1 aliphatic rings. The predicted octanol–water partition coefficient (Wildman–Crippen LogP) is 2.66. The van der Waals surface area contributed by atoms with E-state index in [9.17, 15) is 5.11 Å². The maximum absolute atomic E-state index is 9.63. The highest BCUT2D eigenvalue weighted by atomic mass is 16.5. The summed E-state index contributed by atoms with van der Waals surface area (Å²) in [7, 11) is 0. The van der Waals surface area contributed by atoms with E-state index in [1.165, 1.54) is 12.8 Å². The number of pyridine rings is 1. The Morgan fingerprint density at radius 2 is 2.10 bits per heavy atom. The van der Waals surface area contributed by atoms with Gasteiger partial charge in [0.15, 0.2) is 0 Å². The van der Waals surface area contributed by atoms with Crippen LogP contribution in [-0.4, -0.2) is 29.8 Å². The van der Waals surface area contributed by atoms with E-state index in [1.54, 1.807) is 0 Å². The molecule has 0 atom stereocenters. The van der Waals surface area contributed by atoms with Crippen LogP contribution in [0.3, 0.4) is 0 Å². The molecule has 21 heavy (non-hydrogen) atoms. The zero-order valence-electron chi connectivity index (χ0n) is 13.1. The lowest BCUT2D eigenvalue weighted by atomic mass is 9.87. The Labute approximate surface area is 126 Å². The third-order valence-corrected chi connectivity index (χ3v) is 4.09. The summed E-state index contributed by atoms with van der Waals surface area (Å²) in [6.45, 7) is 5.74. The first-order chi connectivity index (χ1) is 10.0. The van der Waals surface area contributed by atoms with Crippen LogP contribution in [0.2, 0.25) is 0 Å². The van der Waals surface area contributed by atoms with Gasteiger partial charge in [-0.05, 0) is 30.9 Å². The average molecular weight is 293 g/mol. The number of nitrogens with zero attached hydrogens (tertiary/aromatic N) is 1. The van der Waals surface area contributed by atoms with Crippen LogP contribution in [-0.2, 0) is 0 Å². The number of hydrogen-bond acceptors (Lipinski definition) is 5. The summed E-state index contributed by atoms with van der Waals surface area (Å²) in [5, 5.41) is 13.0. The van der Waals surface area contributed by atoms with Crippen molar-refractivity contribution in [2.24, 2.45) is 11.3 Å². The molecule has 0 saturated heterocycles. The standard InChI is InChI=1S/C16H27N3O2/c1-12(2)9-21-15-13(17)5-6-14(19-15)18-10-16(11-20)7-3-4-8-16/h5-6,12,20H,3-4,7-11,17H2,1-2H3,(H,18,19). The van der Waals surface area contributed by atoms with Crippen LogP contribution in [0.4, 0.5) is 11.5 Å². The topological polar surface area (TPSA) is 80.4 Å². The molecule has 2 rings (SSSR count). The molecule has 0 spiro atoms. The molecule has 5 nitrogen and oxygen atoms in total. The maximum atomic E-state index is 9.63. The summed E-state index contributed by atoms with van der Waals surface area (Å²) >= 11 is 0. The highest BCUT2D eigenvalue weighted by Gasteiger charge is 2.33. The second-order valence-electron chi connectivity index (χ2n) is 6.51. The van der Waals surface area contributed by atoms with Gasteiger partial charge in [-0.25, -0.2) is 0 Å². The fourth-order valence-electron chi connectivity index (χ4n) is 2.70. The number of nitrogen functional groups attached to an aromatic ring is 1. The van der Waals surface area contributed by atoms with Gasteiger partial charge in [0.25, 0.3) is 0 Å². The summed E-state index contributed by atoms with van der Waals surface area (Å²) < 4.78 is 5.64. The Kier molecular flexibility index (Phi) is 5.28. The summed E-state index contributed by atoms with van der Waals surface area (Å²) in [6.07, 6.45) is 4.53. The maximum Gasteiger partial charge on any atom is 0.239 e. The average Bonchev–Trinajstić information content (AvgIpc) is 2.94. The van der Waals surface area contributed by atoms with Crippen molar-refractivity contribution in [3.63, 3.8) is 0 Å². The second-order valence-corrected chi connectivity index (χ2v) is 6.51. The fourth-order valence-corrected chi connectivity index (χ4v) is 2.70. The zero-order valence-corrected chi connectivity index (χ0v) is 13.1. The molecular weight excluding hydrogens is 266 g/mol. The van der Waals surface area contributed by atoms with E-state index in [-0.39, 0.29) is 12.0 Å². The molecule has 4 N–H and O–H groups in total. The van der Waals surface area contributed by atoms with Crippen LogP contribution in [0.15, 0.2) is 12.1 Å². The third kappa shape index (κ3) is 4.24. The van der Waals surface area contributed by atoms with E-state index in [0.29, 0.717) is 24.1 Å². The van der Waals surface area contributed by atoms with Gasteiger partial charge in [-0.3, -0.25) is 0 Å². The predicted molar refractivity (Wildman–Crippen MR) is 85.5 cm³/mol. The van der Waals surface area contributed by atoms with Crippen molar-refractivity contribution < 1.29 is 9.84 Å². The highest BCUT2D eigenvalue weighted by Crippen LogP contribution is 2.37. The Balaban J connectivity index is 1.98. The minimum atomic E-state index is 0.00200. The Hall–Kier alpha value is -1.49. The van der Waals surface area contributed by atoms with Crippen molar-refractivity contribution in [1.29, 1.82) is 0 Å². The molecule has 0 bridgehead atoms. The number of nitrogens with two attached hydrogens (primary N) is 1. The summed E-state index contributed by atoms with van der Waals surface area (Å²) in [6, 6.07) is 3.67. The van der Waals surface area contributed by atoms with Crippen LogP contribution in [0.5, 0.6) is 5.88 Å². The lowest BCUT2D eigenvalue weighted by Gasteiger charge is -2.27. The molecule has 0 unspecified atom stereocenters. The number of hydrogen-bond donors (Lipinski definition) is 3.